The SMILES string of the molecule is NC(=O)C(Cl)C(=O)N1CCN(c2ccc(-c3ccccc3)cc2)CC1. The Bertz CT molecular complexity index is 741. The van der Waals surface area contributed by atoms with Crippen molar-refractivity contribution < 1.29 is 9.59 Å². The van der Waals surface area contributed by atoms with Crippen molar-refractivity contribution in [2.24, 2.45) is 5.73 Å². The molecule has 0 aliphatic carbocycles. The van der Waals surface area contributed by atoms with Crippen LogP contribution in [0.4, 0.5) is 5.69 Å². The predicted molar refractivity (Wildman–Crippen MR) is 99.5 cm³/mol. The quantitative estimate of drug-likeness (QED) is 0.673. The standard InChI is InChI=1S/C19H20ClN3O2/c20-17(18(21)24)19(25)23-12-10-22(11-13-23)16-8-6-15(7-9-16)14-4-2-1-3-5-14/h1-9,17H,10-13H2,(H2,21,24). The normalized spacial score (nSPS) is 15.7. The highest BCUT2D eigenvalue weighted by atomic mass is 35.5. The van der Waals surface area contributed by atoms with Gasteiger partial charge in [-0.15, -0.1) is 11.6 Å². The molecule has 0 radical (unpaired) electrons. The van der Waals surface area contributed by atoms with Crippen molar-refractivity contribution in [2.75, 3.05) is 31.1 Å². The summed E-state index contributed by atoms with van der Waals surface area (Å²) < 4.78 is 0. The van der Waals surface area contributed by atoms with Crippen LogP contribution >= 0.6 is 11.6 Å². The van der Waals surface area contributed by atoms with Gasteiger partial charge in [0.15, 0.2) is 5.38 Å². The van der Waals surface area contributed by atoms with Gasteiger partial charge < -0.3 is 15.5 Å². The zero-order chi connectivity index (χ0) is 17.8. The molecule has 1 aliphatic rings. The number of halogens is 1. The molecule has 5 nitrogen and oxygen atoms in total. The second-order valence-electron chi connectivity index (χ2n) is 5.99. The van der Waals surface area contributed by atoms with E-state index in [1.54, 1.807) is 4.90 Å². The first-order valence-corrected chi connectivity index (χ1v) is 8.62. The van der Waals surface area contributed by atoms with Gasteiger partial charge in [-0.2, -0.15) is 0 Å². The van der Waals surface area contributed by atoms with Gasteiger partial charge in [-0.3, -0.25) is 9.59 Å². The number of nitrogens with zero attached hydrogens (tertiary/aromatic N) is 2. The van der Waals surface area contributed by atoms with E-state index < -0.39 is 17.2 Å². The summed E-state index contributed by atoms with van der Waals surface area (Å²) in [7, 11) is 0. The van der Waals surface area contributed by atoms with Crippen LogP contribution in [0.25, 0.3) is 11.1 Å². The number of anilines is 1. The van der Waals surface area contributed by atoms with E-state index in [4.69, 9.17) is 17.3 Å². The van der Waals surface area contributed by atoms with Crippen molar-refractivity contribution in [3.05, 3.63) is 54.6 Å². The average molecular weight is 358 g/mol. The van der Waals surface area contributed by atoms with Gasteiger partial charge in [0.25, 0.3) is 0 Å². The van der Waals surface area contributed by atoms with E-state index in [0.29, 0.717) is 26.2 Å². The molecule has 1 atom stereocenters. The Morgan fingerprint density at radius 1 is 0.880 bits per heavy atom. The average Bonchev–Trinajstić information content (AvgIpc) is 2.67. The molecule has 2 aromatic rings. The Balaban J connectivity index is 1.62. The third-order valence-electron chi connectivity index (χ3n) is 4.40. The van der Waals surface area contributed by atoms with Gasteiger partial charge in [-0.25, -0.2) is 0 Å². The number of carbonyl (C=O) groups is 2. The van der Waals surface area contributed by atoms with E-state index in [-0.39, 0.29) is 0 Å². The molecule has 0 bridgehead atoms. The highest BCUT2D eigenvalue weighted by molar-refractivity contribution is 6.41. The van der Waals surface area contributed by atoms with E-state index in [2.05, 4.69) is 41.3 Å². The van der Waals surface area contributed by atoms with Crippen LogP contribution in [0, 0.1) is 0 Å². The first-order chi connectivity index (χ1) is 12.1. The van der Waals surface area contributed by atoms with Crippen LogP contribution in [0.1, 0.15) is 0 Å². The minimum absolute atomic E-state index is 0.409. The number of primary amides is 1. The lowest BCUT2D eigenvalue weighted by Crippen LogP contribution is -2.52. The third-order valence-corrected chi connectivity index (χ3v) is 4.80. The number of nitrogens with two attached hydrogens (primary N) is 1. The number of hydrogen-bond donors (Lipinski definition) is 1. The van der Waals surface area contributed by atoms with Crippen molar-refractivity contribution >= 4 is 29.1 Å². The molecule has 2 aromatic carbocycles. The lowest BCUT2D eigenvalue weighted by molar-refractivity contribution is -0.134. The number of piperazine rings is 1. The summed E-state index contributed by atoms with van der Waals surface area (Å²) in [6, 6.07) is 18.6. The zero-order valence-electron chi connectivity index (χ0n) is 13.8. The fourth-order valence-electron chi connectivity index (χ4n) is 2.96. The Labute approximate surface area is 152 Å². The van der Waals surface area contributed by atoms with Crippen LogP contribution in [0.2, 0.25) is 0 Å². The van der Waals surface area contributed by atoms with Crippen LogP contribution in [0.15, 0.2) is 54.6 Å². The molecule has 3 rings (SSSR count). The van der Waals surface area contributed by atoms with Gasteiger partial charge in [0.2, 0.25) is 11.8 Å². The van der Waals surface area contributed by atoms with Gasteiger partial charge in [-0.05, 0) is 23.3 Å². The topological polar surface area (TPSA) is 66.6 Å². The summed E-state index contributed by atoms with van der Waals surface area (Å²) in [6.07, 6.45) is 0. The predicted octanol–water partition coefficient (Wildman–Crippen LogP) is 2.09. The third kappa shape index (κ3) is 3.94. The highest BCUT2D eigenvalue weighted by Crippen LogP contribution is 2.24. The molecule has 6 heteroatoms. The van der Waals surface area contributed by atoms with E-state index in [0.717, 1.165) is 5.69 Å². The second kappa shape index (κ2) is 7.57. The summed E-state index contributed by atoms with van der Waals surface area (Å²) in [5, 5.41) is -1.28. The first kappa shape index (κ1) is 17.3. The minimum Gasteiger partial charge on any atom is -0.368 e. The number of carbonyl (C=O) groups excluding carboxylic acids is 2. The van der Waals surface area contributed by atoms with E-state index in [1.807, 2.05) is 18.2 Å². The molecule has 0 aromatic heterocycles. The Hall–Kier alpha value is -2.53. The molecule has 25 heavy (non-hydrogen) atoms. The molecule has 1 unspecified atom stereocenters. The van der Waals surface area contributed by atoms with Crippen molar-refractivity contribution in [2.45, 2.75) is 5.38 Å². The lowest BCUT2D eigenvalue weighted by Gasteiger charge is -2.36. The molecular formula is C19H20ClN3O2. The number of benzene rings is 2. The fourth-order valence-corrected chi connectivity index (χ4v) is 3.10. The highest BCUT2D eigenvalue weighted by Gasteiger charge is 2.29. The molecule has 1 aliphatic heterocycles. The van der Waals surface area contributed by atoms with Gasteiger partial charge >= 0.3 is 0 Å². The maximum atomic E-state index is 12.1. The molecule has 130 valence electrons. The number of hydrogen-bond acceptors (Lipinski definition) is 3. The van der Waals surface area contributed by atoms with Crippen LogP contribution in [0.3, 0.4) is 0 Å². The molecular weight excluding hydrogens is 338 g/mol. The first-order valence-electron chi connectivity index (χ1n) is 8.19. The number of amides is 2. The molecule has 1 saturated heterocycles. The molecule has 0 saturated carbocycles. The fraction of sp³-hybridized carbons (Fsp3) is 0.263. The van der Waals surface area contributed by atoms with Crippen LogP contribution in [-0.4, -0.2) is 48.3 Å². The summed E-state index contributed by atoms with van der Waals surface area (Å²) in [6.45, 7) is 2.43. The molecule has 0 spiro atoms. The van der Waals surface area contributed by atoms with Crippen LogP contribution in [-0.2, 0) is 9.59 Å². The maximum Gasteiger partial charge on any atom is 0.250 e. The van der Waals surface area contributed by atoms with Gasteiger partial charge in [-0.1, -0.05) is 42.5 Å². The summed E-state index contributed by atoms with van der Waals surface area (Å²) >= 11 is 5.75. The van der Waals surface area contributed by atoms with Crippen molar-refractivity contribution in [3.63, 3.8) is 0 Å². The van der Waals surface area contributed by atoms with Crippen molar-refractivity contribution in [3.8, 4) is 11.1 Å². The number of rotatable bonds is 4. The molecule has 2 amide bonds. The van der Waals surface area contributed by atoms with Gasteiger partial charge in [0.05, 0.1) is 0 Å². The zero-order valence-corrected chi connectivity index (χ0v) is 14.5. The summed E-state index contributed by atoms with van der Waals surface area (Å²) in [5.74, 6) is -1.21. The van der Waals surface area contributed by atoms with E-state index >= 15 is 0 Å². The van der Waals surface area contributed by atoms with Crippen LogP contribution < -0.4 is 10.6 Å². The lowest BCUT2D eigenvalue weighted by atomic mass is 10.1. The van der Waals surface area contributed by atoms with Crippen LogP contribution in [0.5, 0.6) is 0 Å². The van der Waals surface area contributed by atoms with Crippen molar-refractivity contribution in [1.82, 2.24) is 4.90 Å². The molecule has 1 fully saturated rings. The maximum absolute atomic E-state index is 12.1. The van der Waals surface area contributed by atoms with Gasteiger partial charge in [0, 0.05) is 31.9 Å². The Morgan fingerprint density at radius 3 is 2.00 bits per heavy atom. The molecule has 2 N–H and O–H groups in total. The van der Waals surface area contributed by atoms with Gasteiger partial charge in [0.1, 0.15) is 0 Å². The smallest absolute Gasteiger partial charge is 0.250 e. The van der Waals surface area contributed by atoms with E-state index in [1.165, 1.54) is 11.1 Å². The summed E-state index contributed by atoms with van der Waals surface area (Å²) in [4.78, 5) is 26.9. The minimum atomic E-state index is -1.28. The second-order valence-corrected chi connectivity index (χ2v) is 6.43. The Morgan fingerprint density at radius 2 is 1.44 bits per heavy atom. The van der Waals surface area contributed by atoms with Crippen molar-refractivity contribution in [1.29, 1.82) is 0 Å². The van der Waals surface area contributed by atoms with E-state index in [9.17, 15) is 9.59 Å². The monoisotopic (exact) mass is 357 g/mol. The summed E-state index contributed by atoms with van der Waals surface area (Å²) in [5.41, 5.74) is 8.57. The molecule has 1 heterocycles. The number of alkyl halides is 1. The largest absolute Gasteiger partial charge is 0.368 e. The Kier molecular flexibility index (Phi) is 5.24.